The van der Waals surface area contributed by atoms with Gasteiger partial charge in [-0.15, -0.1) is 0 Å². The first-order valence-corrected chi connectivity index (χ1v) is 7.76. The van der Waals surface area contributed by atoms with Crippen LogP contribution in [-0.2, 0) is 11.3 Å². The van der Waals surface area contributed by atoms with Crippen LogP contribution in [0.5, 0.6) is 0 Å². The molecule has 3 atom stereocenters. The summed E-state index contributed by atoms with van der Waals surface area (Å²) < 4.78 is 1.91. The molecule has 2 heterocycles. The van der Waals surface area contributed by atoms with Crippen molar-refractivity contribution in [1.82, 2.24) is 19.8 Å². The fourth-order valence-corrected chi connectivity index (χ4v) is 3.85. The highest BCUT2D eigenvalue weighted by Crippen LogP contribution is 2.48. The summed E-state index contributed by atoms with van der Waals surface area (Å²) in [6, 6.07) is -0.203. The van der Waals surface area contributed by atoms with Crippen LogP contribution in [0, 0.1) is 11.3 Å². The average molecular weight is 306 g/mol. The number of likely N-dealkylation sites (tertiary alicyclic amines) is 1. The molecule has 2 amide bonds. The minimum Gasteiger partial charge on any atom is -0.481 e. The summed E-state index contributed by atoms with van der Waals surface area (Å²) in [6.45, 7) is 3.46. The van der Waals surface area contributed by atoms with Crippen molar-refractivity contribution in [1.29, 1.82) is 0 Å². The summed E-state index contributed by atoms with van der Waals surface area (Å²) in [5, 5.41) is 12.5. The van der Waals surface area contributed by atoms with Gasteiger partial charge in [0.05, 0.1) is 11.7 Å². The number of hydrogen-bond donors (Lipinski definition) is 2. The van der Waals surface area contributed by atoms with E-state index in [0.29, 0.717) is 26.1 Å². The second kappa shape index (κ2) is 5.62. The van der Waals surface area contributed by atoms with E-state index in [4.69, 9.17) is 0 Å². The van der Waals surface area contributed by atoms with E-state index < -0.39 is 11.4 Å². The van der Waals surface area contributed by atoms with E-state index in [-0.39, 0.29) is 18.0 Å². The monoisotopic (exact) mass is 306 g/mol. The number of hydrogen-bond acceptors (Lipinski definition) is 3. The zero-order valence-electron chi connectivity index (χ0n) is 12.7. The fourth-order valence-electron chi connectivity index (χ4n) is 3.85. The number of carbonyl (C=O) groups is 2. The lowest BCUT2D eigenvalue weighted by Gasteiger charge is -2.24. The number of aliphatic carboxylic acids is 1. The topological polar surface area (TPSA) is 87.5 Å². The van der Waals surface area contributed by atoms with Crippen LogP contribution in [-0.4, -0.2) is 50.7 Å². The summed E-state index contributed by atoms with van der Waals surface area (Å²) in [5.74, 6) is -0.656. The summed E-state index contributed by atoms with van der Waals surface area (Å²) in [5.41, 5.74) is -0.717. The van der Waals surface area contributed by atoms with Crippen LogP contribution in [0.2, 0.25) is 0 Å². The number of amides is 2. The maximum atomic E-state index is 12.4. The first-order chi connectivity index (χ1) is 10.5. The van der Waals surface area contributed by atoms with E-state index in [1.165, 1.54) is 0 Å². The number of aromatic nitrogens is 2. The Morgan fingerprint density at radius 3 is 3.00 bits per heavy atom. The van der Waals surface area contributed by atoms with Gasteiger partial charge in [-0.1, -0.05) is 6.42 Å². The number of rotatable bonds is 4. The summed E-state index contributed by atoms with van der Waals surface area (Å²) in [6.07, 6.45) is 7.79. The van der Waals surface area contributed by atoms with E-state index in [9.17, 15) is 14.7 Å². The van der Waals surface area contributed by atoms with Crippen LogP contribution in [0.1, 0.15) is 26.2 Å². The lowest BCUT2D eigenvalue weighted by atomic mass is 9.81. The van der Waals surface area contributed by atoms with Crippen LogP contribution in [0.25, 0.3) is 0 Å². The first-order valence-electron chi connectivity index (χ1n) is 7.76. The van der Waals surface area contributed by atoms with Crippen molar-refractivity contribution >= 4 is 12.0 Å². The van der Waals surface area contributed by atoms with Gasteiger partial charge < -0.3 is 19.9 Å². The number of nitrogens with zero attached hydrogens (tertiary/aromatic N) is 3. The SMILES string of the molecule is CC(Cn1ccnc1)NC(=O)N1C[C@@H]2CCC[C@@]2(C(=O)O)C1. The first kappa shape index (κ1) is 14.9. The molecule has 2 aliphatic rings. The van der Waals surface area contributed by atoms with Gasteiger partial charge in [0.2, 0.25) is 0 Å². The minimum absolute atomic E-state index is 0.0390. The molecule has 1 aliphatic heterocycles. The number of fused-ring (bicyclic) bond motifs is 1. The second-order valence-electron chi connectivity index (χ2n) is 6.54. The maximum absolute atomic E-state index is 12.4. The number of nitrogens with one attached hydrogen (secondary N) is 1. The zero-order valence-corrected chi connectivity index (χ0v) is 12.7. The smallest absolute Gasteiger partial charge is 0.317 e. The van der Waals surface area contributed by atoms with Gasteiger partial charge >= 0.3 is 12.0 Å². The standard InChI is InChI=1S/C15H22N4O3/c1-11(7-18-6-5-16-10-18)17-14(22)19-8-12-3-2-4-15(12,9-19)13(20)21/h5-6,10-12H,2-4,7-9H2,1H3,(H,17,22)(H,20,21)/t11?,12-,15+/m0/s1. The molecule has 22 heavy (non-hydrogen) atoms. The molecule has 0 radical (unpaired) electrons. The summed E-state index contributed by atoms with van der Waals surface area (Å²) >= 11 is 0. The largest absolute Gasteiger partial charge is 0.481 e. The molecule has 0 aromatic carbocycles. The highest BCUT2D eigenvalue weighted by molar-refractivity contribution is 5.80. The Morgan fingerprint density at radius 1 is 1.55 bits per heavy atom. The van der Waals surface area contributed by atoms with E-state index >= 15 is 0 Å². The Labute approximate surface area is 129 Å². The Hall–Kier alpha value is -2.05. The minimum atomic E-state index is -0.753. The molecule has 2 fully saturated rings. The number of carboxylic acid groups (broad SMARTS) is 1. The summed E-state index contributed by atoms with van der Waals surface area (Å²) in [7, 11) is 0. The molecule has 1 saturated carbocycles. The van der Waals surface area contributed by atoms with Gasteiger partial charge in [-0.3, -0.25) is 4.79 Å². The molecule has 7 nitrogen and oxygen atoms in total. The van der Waals surface area contributed by atoms with Crippen LogP contribution in [0.4, 0.5) is 4.79 Å². The molecular formula is C15H22N4O3. The maximum Gasteiger partial charge on any atom is 0.317 e. The molecule has 0 spiro atoms. The third-order valence-electron chi connectivity index (χ3n) is 5.00. The van der Waals surface area contributed by atoms with E-state index in [1.54, 1.807) is 17.4 Å². The van der Waals surface area contributed by atoms with Crippen molar-refractivity contribution < 1.29 is 14.7 Å². The van der Waals surface area contributed by atoms with Gasteiger partial charge in [0.1, 0.15) is 0 Å². The van der Waals surface area contributed by atoms with Gasteiger partial charge in [-0.2, -0.15) is 0 Å². The van der Waals surface area contributed by atoms with Crippen molar-refractivity contribution in [2.24, 2.45) is 11.3 Å². The van der Waals surface area contributed by atoms with Crippen LogP contribution in [0.15, 0.2) is 18.7 Å². The lowest BCUT2D eigenvalue weighted by molar-refractivity contribution is -0.149. The molecule has 1 saturated heterocycles. The molecule has 2 N–H and O–H groups in total. The highest BCUT2D eigenvalue weighted by atomic mass is 16.4. The average Bonchev–Trinajstić information content (AvgIpc) is 3.11. The van der Waals surface area contributed by atoms with Crippen molar-refractivity contribution in [2.75, 3.05) is 13.1 Å². The van der Waals surface area contributed by atoms with Crippen LogP contribution >= 0.6 is 0 Å². The van der Waals surface area contributed by atoms with E-state index in [1.807, 2.05) is 17.7 Å². The predicted octanol–water partition coefficient (Wildman–Crippen LogP) is 1.17. The third-order valence-corrected chi connectivity index (χ3v) is 5.00. The molecule has 3 rings (SSSR count). The molecular weight excluding hydrogens is 284 g/mol. The van der Waals surface area contributed by atoms with Gasteiger partial charge in [0, 0.05) is 38.1 Å². The predicted molar refractivity (Wildman–Crippen MR) is 79.2 cm³/mol. The molecule has 1 aromatic rings. The molecule has 1 aromatic heterocycles. The second-order valence-corrected chi connectivity index (χ2v) is 6.54. The Morgan fingerprint density at radius 2 is 2.36 bits per heavy atom. The Kier molecular flexibility index (Phi) is 3.80. The molecule has 1 aliphatic carbocycles. The Bertz CT molecular complexity index is 559. The fraction of sp³-hybridized carbons (Fsp3) is 0.667. The van der Waals surface area contributed by atoms with Crippen molar-refractivity contribution in [2.45, 2.75) is 38.8 Å². The number of urea groups is 1. The van der Waals surface area contributed by atoms with Crippen molar-refractivity contribution in [3.8, 4) is 0 Å². The summed E-state index contributed by atoms with van der Waals surface area (Å²) in [4.78, 5) is 29.7. The third kappa shape index (κ3) is 2.55. The van der Waals surface area contributed by atoms with Crippen molar-refractivity contribution in [3.05, 3.63) is 18.7 Å². The lowest BCUT2D eigenvalue weighted by Crippen LogP contribution is -2.45. The molecule has 120 valence electrons. The number of carbonyl (C=O) groups excluding carboxylic acids is 1. The van der Waals surface area contributed by atoms with Crippen LogP contribution < -0.4 is 5.32 Å². The molecule has 0 bridgehead atoms. The molecule has 7 heteroatoms. The number of carboxylic acids is 1. The molecule has 1 unspecified atom stereocenters. The number of imidazole rings is 1. The highest BCUT2D eigenvalue weighted by Gasteiger charge is 2.55. The van der Waals surface area contributed by atoms with Crippen molar-refractivity contribution in [3.63, 3.8) is 0 Å². The van der Waals surface area contributed by atoms with E-state index in [0.717, 1.165) is 12.8 Å². The van der Waals surface area contributed by atoms with Gasteiger partial charge in [0.15, 0.2) is 0 Å². The quantitative estimate of drug-likeness (QED) is 0.874. The zero-order chi connectivity index (χ0) is 15.7. The van der Waals surface area contributed by atoms with Gasteiger partial charge in [0.25, 0.3) is 0 Å². The normalized spacial score (nSPS) is 28.4. The van der Waals surface area contributed by atoms with E-state index in [2.05, 4.69) is 10.3 Å². The van der Waals surface area contributed by atoms with Crippen LogP contribution in [0.3, 0.4) is 0 Å². The van der Waals surface area contributed by atoms with Gasteiger partial charge in [-0.05, 0) is 25.7 Å². The Balaban J connectivity index is 1.58. The van der Waals surface area contributed by atoms with Gasteiger partial charge in [-0.25, -0.2) is 9.78 Å².